The van der Waals surface area contributed by atoms with E-state index in [4.69, 9.17) is 11.6 Å². The molecule has 0 aliphatic rings. The fraction of sp³-hybridized carbons (Fsp3) is 0.0800. The number of anilines is 1. The summed E-state index contributed by atoms with van der Waals surface area (Å²) in [4.78, 5) is 14.8. The van der Waals surface area contributed by atoms with Gasteiger partial charge in [-0.25, -0.2) is 0 Å². The van der Waals surface area contributed by atoms with Crippen LogP contribution in [0.2, 0.25) is 5.02 Å². The number of allylic oxidation sites excluding steroid dienone is 2. The highest BCUT2D eigenvalue weighted by Gasteiger charge is 2.09. The number of nitrogens with one attached hydrogen (secondary N) is 1. The van der Waals surface area contributed by atoms with Gasteiger partial charge in [-0.15, -0.1) is 0 Å². The van der Waals surface area contributed by atoms with Crippen LogP contribution in [0.3, 0.4) is 0 Å². The maximum absolute atomic E-state index is 12.8. The summed E-state index contributed by atoms with van der Waals surface area (Å²) in [5.41, 5.74) is 4.31. The van der Waals surface area contributed by atoms with Crippen molar-refractivity contribution in [1.82, 2.24) is 5.32 Å². The van der Waals surface area contributed by atoms with Crippen LogP contribution in [-0.2, 0) is 0 Å². The van der Waals surface area contributed by atoms with Crippen molar-refractivity contribution in [3.63, 3.8) is 0 Å². The van der Waals surface area contributed by atoms with E-state index in [1.165, 1.54) is 0 Å². The third-order valence-corrected chi connectivity index (χ3v) is 4.65. The predicted molar refractivity (Wildman–Crippen MR) is 123 cm³/mol. The van der Waals surface area contributed by atoms with Gasteiger partial charge in [0.2, 0.25) is 0 Å². The molecule has 1 N–H and O–H groups in total. The molecule has 0 heterocycles. The van der Waals surface area contributed by atoms with E-state index in [0.717, 1.165) is 16.8 Å². The molecule has 146 valence electrons. The molecule has 0 saturated carbocycles. The zero-order valence-corrected chi connectivity index (χ0v) is 17.2. The number of benzene rings is 3. The minimum atomic E-state index is -0.162. The largest absolute Gasteiger partial charge is 0.378 e. The molecule has 3 aromatic carbocycles. The lowest BCUT2D eigenvalue weighted by molar-refractivity contribution is 0.0973. The van der Waals surface area contributed by atoms with Crippen LogP contribution in [-0.4, -0.2) is 20.0 Å². The molecule has 0 radical (unpaired) electrons. The van der Waals surface area contributed by atoms with E-state index in [9.17, 15) is 4.79 Å². The van der Waals surface area contributed by atoms with Crippen molar-refractivity contribution in [3.8, 4) is 0 Å². The first-order valence-corrected chi connectivity index (χ1v) is 9.69. The maximum atomic E-state index is 12.8. The minimum absolute atomic E-state index is 0.162. The second-order valence-corrected chi connectivity index (χ2v) is 7.19. The highest BCUT2D eigenvalue weighted by atomic mass is 35.5. The van der Waals surface area contributed by atoms with Crippen LogP contribution in [0.25, 0.3) is 11.8 Å². The molecule has 3 nitrogen and oxygen atoms in total. The highest BCUT2D eigenvalue weighted by Crippen LogP contribution is 2.18. The van der Waals surface area contributed by atoms with E-state index in [0.29, 0.717) is 16.3 Å². The van der Waals surface area contributed by atoms with Gasteiger partial charge in [0.05, 0.1) is 0 Å². The van der Waals surface area contributed by atoms with Gasteiger partial charge in [0.25, 0.3) is 5.91 Å². The fourth-order valence-electron chi connectivity index (χ4n) is 2.76. The molecule has 0 bridgehead atoms. The second kappa shape index (κ2) is 9.76. The zero-order chi connectivity index (χ0) is 20.6. The first kappa shape index (κ1) is 20.4. The minimum Gasteiger partial charge on any atom is -0.378 e. The maximum Gasteiger partial charge on any atom is 0.255 e. The summed E-state index contributed by atoms with van der Waals surface area (Å²) >= 11 is 6.02. The average molecular weight is 403 g/mol. The summed E-state index contributed by atoms with van der Waals surface area (Å²) in [6, 6.07) is 24.9. The molecule has 4 heteroatoms. The number of carbonyl (C=O) groups excluding carboxylic acids is 1. The summed E-state index contributed by atoms with van der Waals surface area (Å²) in [5, 5.41) is 3.67. The van der Waals surface area contributed by atoms with Crippen molar-refractivity contribution >= 4 is 35.0 Å². The van der Waals surface area contributed by atoms with Gasteiger partial charge in [0.15, 0.2) is 0 Å². The van der Waals surface area contributed by atoms with Gasteiger partial charge in [-0.2, -0.15) is 0 Å². The number of hydrogen-bond acceptors (Lipinski definition) is 2. The Morgan fingerprint density at radius 2 is 1.48 bits per heavy atom. The van der Waals surface area contributed by atoms with Crippen molar-refractivity contribution < 1.29 is 4.79 Å². The summed E-state index contributed by atoms with van der Waals surface area (Å²) in [5.74, 6) is -0.162. The Morgan fingerprint density at radius 3 is 2.10 bits per heavy atom. The Kier molecular flexibility index (Phi) is 6.88. The normalized spacial score (nSPS) is 11.5. The SMILES string of the molecule is CN(C)c1ccc(C(=O)N/C(=C/C=C/c2ccccc2)c2ccc(Cl)cc2)cc1. The van der Waals surface area contributed by atoms with Crippen LogP contribution >= 0.6 is 11.6 Å². The van der Waals surface area contributed by atoms with E-state index in [1.807, 2.05) is 116 Å². The van der Waals surface area contributed by atoms with E-state index in [1.54, 1.807) is 0 Å². The van der Waals surface area contributed by atoms with E-state index in [-0.39, 0.29) is 5.91 Å². The van der Waals surface area contributed by atoms with Crippen LogP contribution in [0.5, 0.6) is 0 Å². The predicted octanol–water partition coefficient (Wildman–Crippen LogP) is 5.89. The monoisotopic (exact) mass is 402 g/mol. The van der Waals surface area contributed by atoms with Gasteiger partial charge in [-0.1, -0.05) is 66.2 Å². The number of amides is 1. The molecule has 29 heavy (non-hydrogen) atoms. The Balaban J connectivity index is 1.84. The standard InChI is InChI=1S/C25H23ClN2O/c1-28(2)23-17-13-21(14-18-23)25(29)27-24(20-11-15-22(26)16-12-20)10-6-9-19-7-4-3-5-8-19/h3-18H,1-2H3,(H,27,29)/b9-6+,24-10+. The van der Waals surface area contributed by atoms with E-state index < -0.39 is 0 Å². The van der Waals surface area contributed by atoms with Crippen LogP contribution in [0.4, 0.5) is 5.69 Å². The summed E-state index contributed by atoms with van der Waals surface area (Å²) in [6.45, 7) is 0. The lowest BCUT2D eigenvalue weighted by atomic mass is 10.1. The molecule has 0 aromatic heterocycles. The molecule has 0 unspecified atom stereocenters. The molecule has 3 rings (SSSR count). The summed E-state index contributed by atoms with van der Waals surface area (Å²) in [7, 11) is 3.94. The molecule has 1 amide bonds. The molecular weight excluding hydrogens is 380 g/mol. The van der Waals surface area contributed by atoms with Crippen molar-refractivity contribution in [3.05, 3.63) is 113 Å². The van der Waals surface area contributed by atoms with Crippen LogP contribution in [0, 0.1) is 0 Å². The number of halogens is 1. The van der Waals surface area contributed by atoms with Crippen molar-refractivity contribution in [1.29, 1.82) is 0 Å². The zero-order valence-electron chi connectivity index (χ0n) is 16.5. The average Bonchev–Trinajstić information content (AvgIpc) is 2.74. The molecule has 0 fully saturated rings. The Labute approximate surface area is 176 Å². The van der Waals surface area contributed by atoms with E-state index in [2.05, 4.69) is 5.32 Å². The fourth-order valence-corrected chi connectivity index (χ4v) is 2.89. The van der Waals surface area contributed by atoms with Crippen molar-refractivity contribution in [2.24, 2.45) is 0 Å². The Hall–Kier alpha value is -3.30. The molecule has 0 saturated heterocycles. The van der Waals surface area contributed by atoms with Gasteiger partial charge in [0.1, 0.15) is 0 Å². The van der Waals surface area contributed by atoms with Crippen molar-refractivity contribution in [2.75, 3.05) is 19.0 Å². The molecule has 0 aliphatic carbocycles. The van der Waals surface area contributed by atoms with Gasteiger partial charge >= 0.3 is 0 Å². The lowest BCUT2D eigenvalue weighted by Crippen LogP contribution is -2.22. The molecular formula is C25H23ClN2O. The third kappa shape index (κ3) is 5.84. The van der Waals surface area contributed by atoms with Crippen LogP contribution in [0.1, 0.15) is 21.5 Å². The highest BCUT2D eigenvalue weighted by molar-refractivity contribution is 6.30. The molecule has 3 aromatic rings. The lowest BCUT2D eigenvalue weighted by Gasteiger charge is -2.13. The van der Waals surface area contributed by atoms with Gasteiger partial charge in [0, 0.05) is 36.1 Å². The quantitative estimate of drug-likeness (QED) is 0.521. The van der Waals surface area contributed by atoms with E-state index >= 15 is 0 Å². The number of rotatable bonds is 6. The Bertz CT molecular complexity index is 1000. The molecule has 0 spiro atoms. The first-order valence-electron chi connectivity index (χ1n) is 9.31. The van der Waals surface area contributed by atoms with Crippen LogP contribution in [0.15, 0.2) is 91.0 Å². The molecule has 0 aliphatic heterocycles. The van der Waals surface area contributed by atoms with Gasteiger partial charge < -0.3 is 10.2 Å². The first-order chi connectivity index (χ1) is 14.0. The van der Waals surface area contributed by atoms with Crippen molar-refractivity contribution in [2.45, 2.75) is 0 Å². The summed E-state index contributed by atoms with van der Waals surface area (Å²) < 4.78 is 0. The van der Waals surface area contributed by atoms with Gasteiger partial charge in [-0.05, 0) is 53.6 Å². The van der Waals surface area contributed by atoms with Gasteiger partial charge in [-0.3, -0.25) is 4.79 Å². The summed E-state index contributed by atoms with van der Waals surface area (Å²) in [6.07, 6.45) is 5.81. The number of nitrogens with zero attached hydrogens (tertiary/aromatic N) is 1. The number of hydrogen-bond donors (Lipinski definition) is 1. The molecule has 0 atom stereocenters. The second-order valence-electron chi connectivity index (χ2n) is 6.75. The topological polar surface area (TPSA) is 32.3 Å². The number of carbonyl (C=O) groups is 1. The Morgan fingerprint density at radius 1 is 0.862 bits per heavy atom. The van der Waals surface area contributed by atoms with Crippen LogP contribution < -0.4 is 10.2 Å². The smallest absolute Gasteiger partial charge is 0.255 e. The third-order valence-electron chi connectivity index (χ3n) is 4.40.